The summed E-state index contributed by atoms with van der Waals surface area (Å²) >= 11 is 0. The van der Waals surface area contributed by atoms with E-state index in [2.05, 4.69) is 33.7 Å². The summed E-state index contributed by atoms with van der Waals surface area (Å²) in [7, 11) is 4.84. The van der Waals surface area contributed by atoms with Crippen molar-refractivity contribution >= 4 is 22.9 Å². The largest absolute Gasteiger partial charge is 0.497 e. The molecule has 3 aromatic heterocycles. The van der Waals surface area contributed by atoms with Gasteiger partial charge in [0.25, 0.3) is 0 Å². The monoisotopic (exact) mass is 486 g/mol. The summed E-state index contributed by atoms with van der Waals surface area (Å²) in [6.45, 7) is 4.25. The maximum absolute atomic E-state index is 5.47. The van der Waals surface area contributed by atoms with Crippen LogP contribution < -0.4 is 14.2 Å². The van der Waals surface area contributed by atoms with Gasteiger partial charge in [-0.25, -0.2) is 14.5 Å². The number of fused-ring (bicyclic) bond motifs is 3. The lowest BCUT2D eigenvalue weighted by molar-refractivity contribution is 0.126. The minimum atomic E-state index is 0.115. The number of oxime groups is 1. The van der Waals surface area contributed by atoms with Crippen LogP contribution in [0.25, 0.3) is 22.4 Å². The van der Waals surface area contributed by atoms with E-state index >= 15 is 0 Å². The Labute approximate surface area is 207 Å². The van der Waals surface area contributed by atoms with Gasteiger partial charge >= 0.3 is 0 Å². The SMILES string of the molecule is COc1ccc(-n2c(C)c(C)c3c2ncn2nc(CO/N=C\c4ccc(OC)c(OC)c4)nc32)cc1. The van der Waals surface area contributed by atoms with E-state index in [1.54, 1.807) is 38.4 Å². The molecule has 3 heterocycles. The second-order valence-corrected chi connectivity index (χ2v) is 8.11. The molecule has 184 valence electrons. The van der Waals surface area contributed by atoms with Gasteiger partial charge < -0.3 is 19.0 Å². The molecular formula is C26H26N6O4. The van der Waals surface area contributed by atoms with Gasteiger partial charge in [0.1, 0.15) is 12.1 Å². The van der Waals surface area contributed by atoms with Crippen LogP contribution in [0, 0.1) is 13.8 Å². The fraction of sp³-hybridized carbons (Fsp3) is 0.231. The van der Waals surface area contributed by atoms with E-state index in [-0.39, 0.29) is 6.61 Å². The first-order valence-electron chi connectivity index (χ1n) is 11.3. The molecule has 36 heavy (non-hydrogen) atoms. The number of ether oxygens (including phenoxy) is 3. The lowest BCUT2D eigenvalue weighted by atomic mass is 10.2. The van der Waals surface area contributed by atoms with Gasteiger partial charge in [0.05, 0.1) is 32.9 Å². The first kappa shape index (κ1) is 23.2. The lowest BCUT2D eigenvalue weighted by Crippen LogP contribution is -1.99. The number of hydrogen-bond acceptors (Lipinski definition) is 8. The first-order valence-corrected chi connectivity index (χ1v) is 11.3. The zero-order valence-corrected chi connectivity index (χ0v) is 20.7. The Balaban J connectivity index is 1.40. The second-order valence-electron chi connectivity index (χ2n) is 8.11. The van der Waals surface area contributed by atoms with Gasteiger partial charge in [-0.2, -0.15) is 0 Å². The van der Waals surface area contributed by atoms with E-state index in [4.69, 9.17) is 24.0 Å². The summed E-state index contributed by atoms with van der Waals surface area (Å²) in [6, 6.07) is 13.4. The van der Waals surface area contributed by atoms with Crippen LogP contribution in [0.1, 0.15) is 22.6 Å². The van der Waals surface area contributed by atoms with Crippen LogP contribution in [0.2, 0.25) is 0 Å². The Morgan fingerprint density at radius 2 is 1.69 bits per heavy atom. The number of aryl methyl sites for hydroxylation is 1. The van der Waals surface area contributed by atoms with Gasteiger partial charge in [0, 0.05) is 16.9 Å². The first-order chi connectivity index (χ1) is 17.5. The summed E-state index contributed by atoms with van der Waals surface area (Å²) in [4.78, 5) is 14.9. The summed E-state index contributed by atoms with van der Waals surface area (Å²) < 4.78 is 19.6. The van der Waals surface area contributed by atoms with Gasteiger partial charge in [-0.05, 0) is 61.9 Å². The molecule has 0 aliphatic rings. The van der Waals surface area contributed by atoms with E-state index in [9.17, 15) is 0 Å². The molecule has 0 atom stereocenters. The van der Waals surface area contributed by atoms with Crippen molar-refractivity contribution in [1.82, 2.24) is 24.1 Å². The number of nitrogens with zero attached hydrogens (tertiary/aromatic N) is 6. The summed E-state index contributed by atoms with van der Waals surface area (Å²) in [5.41, 5.74) is 5.51. The van der Waals surface area contributed by atoms with Crippen LogP contribution in [0.15, 0.2) is 53.9 Å². The molecule has 0 unspecified atom stereocenters. The second kappa shape index (κ2) is 9.57. The van der Waals surface area contributed by atoms with E-state index in [1.807, 2.05) is 42.5 Å². The molecule has 5 aromatic rings. The average molecular weight is 487 g/mol. The van der Waals surface area contributed by atoms with Crippen LogP contribution >= 0.6 is 0 Å². The van der Waals surface area contributed by atoms with Crippen molar-refractivity contribution in [3.63, 3.8) is 0 Å². The van der Waals surface area contributed by atoms with Gasteiger partial charge in [0.15, 0.2) is 35.2 Å². The predicted molar refractivity (Wildman–Crippen MR) is 136 cm³/mol. The molecule has 2 aromatic carbocycles. The molecule has 0 bridgehead atoms. The van der Waals surface area contributed by atoms with Crippen molar-refractivity contribution in [3.8, 4) is 22.9 Å². The van der Waals surface area contributed by atoms with Crippen molar-refractivity contribution in [2.75, 3.05) is 21.3 Å². The highest BCUT2D eigenvalue weighted by molar-refractivity contribution is 5.95. The number of methoxy groups -OCH3 is 3. The molecule has 0 saturated carbocycles. The molecule has 0 spiro atoms. The van der Waals surface area contributed by atoms with Crippen molar-refractivity contribution in [2.45, 2.75) is 20.5 Å². The van der Waals surface area contributed by atoms with Crippen LogP contribution in [0.3, 0.4) is 0 Å². The minimum absolute atomic E-state index is 0.115. The molecular weight excluding hydrogens is 460 g/mol. The highest BCUT2D eigenvalue weighted by atomic mass is 16.6. The van der Waals surface area contributed by atoms with E-state index < -0.39 is 0 Å². The van der Waals surface area contributed by atoms with Crippen LogP contribution in [-0.4, -0.2) is 51.7 Å². The summed E-state index contributed by atoms with van der Waals surface area (Å²) in [6.07, 6.45) is 3.26. The van der Waals surface area contributed by atoms with Crippen molar-refractivity contribution in [2.24, 2.45) is 5.16 Å². The zero-order chi connectivity index (χ0) is 25.2. The Morgan fingerprint density at radius 1 is 0.917 bits per heavy atom. The van der Waals surface area contributed by atoms with Crippen LogP contribution in [0.4, 0.5) is 0 Å². The van der Waals surface area contributed by atoms with Gasteiger partial charge in [0.2, 0.25) is 0 Å². The maximum atomic E-state index is 5.47. The molecule has 10 heteroatoms. The van der Waals surface area contributed by atoms with E-state index in [1.165, 1.54) is 0 Å². The topological polar surface area (TPSA) is 97.3 Å². The Hall–Kier alpha value is -4.60. The third-order valence-corrected chi connectivity index (χ3v) is 6.08. The van der Waals surface area contributed by atoms with E-state index in [0.717, 1.165) is 44.9 Å². The molecule has 0 amide bonds. The molecule has 0 aliphatic carbocycles. The Morgan fingerprint density at radius 3 is 2.42 bits per heavy atom. The van der Waals surface area contributed by atoms with Gasteiger partial charge in [-0.15, -0.1) is 5.10 Å². The van der Waals surface area contributed by atoms with Crippen LogP contribution in [-0.2, 0) is 11.4 Å². The Bertz CT molecular complexity index is 1570. The normalized spacial score (nSPS) is 11.5. The minimum Gasteiger partial charge on any atom is -0.497 e. The fourth-order valence-corrected chi connectivity index (χ4v) is 4.14. The molecule has 0 aliphatic heterocycles. The summed E-state index contributed by atoms with van der Waals surface area (Å²) in [5.74, 6) is 2.57. The van der Waals surface area contributed by atoms with Gasteiger partial charge in [-0.1, -0.05) is 5.16 Å². The van der Waals surface area contributed by atoms with E-state index in [0.29, 0.717) is 17.3 Å². The molecule has 0 radical (unpaired) electrons. The smallest absolute Gasteiger partial charge is 0.192 e. The predicted octanol–water partition coefficient (Wildman–Crippen LogP) is 4.26. The number of rotatable bonds is 8. The molecule has 0 fully saturated rings. The fourth-order valence-electron chi connectivity index (χ4n) is 4.14. The lowest BCUT2D eigenvalue weighted by Gasteiger charge is -2.08. The summed E-state index contributed by atoms with van der Waals surface area (Å²) in [5, 5.41) is 9.51. The zero-order valence-electron chi connectivity index (χ0n) is 20.7. The molecule has 5 rings (SSSR count). The van der Waals surface area contributed by atoms with Crippen molar-refractivity contribution in [3.05, 3.63) is 71.4 Å². The van der Waals surface area contributed by atoms with Gasteiger partial charge in [-0.3, -0.25) is 4.57 Å². The Kier molecular flexibility index (Phi) is 6.16. The quantitative estimate of drug-likeness (QED) is 0.239. The molecule has 10 nitrogen and oxygen atoms in total. The highest BCUT2D eigenvalue weighted by Crippen LogP contribution is 2.30. The molecule has 0 saturated heterocycles. The third-order valence-electron chi connectivity index (χ3n) is 6.08. The number of aromatic nitrogens is 5. The standard InChI is InChI=1S/C26H26N6O4/c1-16-17(2)32(19-7-9-20(33-3)10-8-19)25-24(16)26-29-23(30-31(26)15-27-25)14-36-28-13-18-6-11-21(34-4)22(12-18)35-5/h6-13,15H,14H2,1-5H3/b28-13-. The number of hydrogen-bond donors (Lipinski definition) is 0. The van der Waals surface area contributed by atoms with Crippen molar-refractivity contribution < 1.29 is 19.0 Å². The van der Waals surface area contributed by atoms with Crippen LogP contribution in [0.5, 0.6) is 17.2 Å². The molecule has 0 N–H and O–H groups in total. The maximum Gasteiger partial charge on any atom is 0.192 e. The average Bonchev–Trinajstić information content (AvgIpc) is 3.44. The number of benzene rings is 2. The highest BCUT2D eigenvalue weighted by Gasteiger charge is 2.19. The third kappa shape index (κ3) is 4.06. The van der Waals surface area contributed by atoms with Crippen molar-refractivity contribution in [1.29, 1.82) is 0 Å².